The fourth-order valence-corrected chi connectivity index (χ4v) is 4.91. The molecule has 1 aromatic carbocycles. The Bertz CT molecular complexity index is 1530. The van der Waals surface area contributed by atoms with E-state index >= 15 is 0 Å². The Morgan fingerprint density at radius 2 is 1.95 bits per heavy atom. The van der Waals surface area contributed by atoms with Crippen molar-refractivity contribution in [1.82, 2.24) is 15.0 Å². The summed E-state index contributed by atoms with van der Waals surface area (Å²) in [6.07, 6.45) is 0.595. The minimum atomic E-state index is -4.60. The molecule has 0 amide bonds. The van der Waals surface area contributed by atoms with Gasteiger partial charge in [0.05, 0.1) is 29.5 Å². The van der Waals surface area contributed by atoms with Gasteiger partial charge in [0.2, 0.25) is 5.95 Å². The predicted octanol–water partition coefficient (Wildman–Crippen LogP) is 5.73. The molecule has 1 aliphatic heterocycles. The Balaban J connectivity index is 1.70. The van der Waals surface area contributed by atoms with Gasteiger partial charge < -0.3 is 9.15 Å². The molecule has 3 heterocycles. The summed E-state index contributed by atoms with van der Waals surface area (Å²) in [6, 6.07) is 4.12. The van der Waals surface area contributed by atoms with E-state index in [1.165, 1.54) is 31.4 Å². The van der Waals surface area contributed by atoms with Crippen molar-refractivity contribution in [3.8, 4) is 5.75 Å². The zero-order chi connectivity index (χ0) is 27.7. The normalized spacial score (nSPS) is 16.5. The number of benzene rings is 1. The van der Waals surface area contributed by atoms with Gasteiger partial charge in [0.15, 0.2) is 11.7 Å². The number of rotatable bonds is 7. The number of nitrogens with zero attached hydrogens (tertiary/aromatic N) is 3. The summed E-state index contributed by atoms with van der Waals surface area (Å²) < 4.78 is 92.5. The number of hydrogen-bond acceptors (Lipinski definition) is 7. The number of nitrogens with one attached hydrogen (secondary N) is 1. The van der Waals surface area contributed by atoms with E-state index in [0.29, 0.717) is 17.6 Å². The first-order chi connectivity index (χ1) is 17.9. The van der Waals surface area contributed by atoms with E-state index in [0.717, 1.165) is 24.5 Å². The van der Waals surface area contributed by atoms with E-state index in [-0.39, 0.29) is 40.4 Å². The summed E-state index contributed by atoms with van der Waals surface area (Å²) in [5, 5.41) is 0. The SMILES string of the molecule is C=C(/C(=C\C(=C/C)C(F)(F)F)c1coc(C)n1)[C@@H]1CCOc2cc(S(=O)(=O)Nc3ncc(F)cn3)ccc21. The molecule has 1 aliphatic rings. The van der Waals surface area contributed by atoms with Crippen molar-refractivity contribution in [2.75, 3.05) is 11.3 Å². The van der Waals surface area contributed by atoms with Crippen molar-refractivity contribution in [1.29, 1.82) is 0 Å². The number of alkyl halides is 3. The van der Waals surface area contributed by atoms with Gasteiger partial charge in [-0.25, -0.2) is 32.5 Å². The van der Waals surface area contributed by atoms with Gasteiger partial charge in [0.25, 0.3) is 10.0 Å². The number of aryl methyl sites for hydroxylation is 1. The van der Waals surface area contributed by atoms with Crippen LogP contribution < -0.4 is 9.46 Å². The molecule has 0 bridgehead atoms. The molecule has 13 heteroatoms. The third-order valence-corrected chi connectivity index (χ3v) is 7.11. The van der Waals surface area contributed by atoms with Gasteiger partial charge >= 0.3 is 6.18 Å². The number of ether oxygens (including phenoxy) is 1. The van der Waals surface area contributed by atoms with E-state index in [1.54, 1.807) is 6.92 Å². The summed E-state index contributed by atoms with van der Waals surface area (Å²) in [5.41, 5.74) is 0.319. The van der Waals surface area contributed by atoms with E-state index in [9.17, 15) is 26.0 Å². The first kappa shape index (κ1) is 27.0. The van der Waals surface area contributed by atoms with E-state index < -0.39 is 33.5 Å². The van der Waals surface area contributed by atoms with Crippen LogP contribution in [0.2, 0.25) is 0 Å². The van der Waals surface area contributed by atoms with Crippen LogP contribution in [0.1, 0.15) is 36.4 Å². The first-order valence-corrected chi connectivity index (χ1v) is 12.7. The fourth-order valence-electron chi connectivity index (χ4n) is 3.93. The number of oxazole rings is 1. The van der Waals surface area contributed by atoms with Gasteiger partial charge in [0, 0.05) is 30.0 Å². The van der Waals surface area contributed by atoms with Gasteiger partial charge in [0.1, 0.15) is 17.7 Å². The monoisotopic (exact) mass is 550 g/mol. The Morgan fingerprint density at radius 3 is 2.55 bits per heavy atom. The number of fused-ring (bicyclic) bond motifs is 1. The maximum absolute atomic E-state index is 13.6. The second-order valence-corrected chi connectivity index (χ2v) is 9.98. The summed E-state index contributed by atoms with van der Waals surface area (Å²) in [5.74, 6) is -1.06. The van der Waals surface area contributed by atoms with Gasteiger partial charge in [-0.05, 0) is 31.1 Å². The highest BCUT2D eigenvalue weighted by molar-refractivity contribution is 7.92. The Kier molecular flexibility index (Phi) is 7.40. The summed E-state index contributed by atoms with van der Waals surface area (Å²) in [7, 11) is -4.16. The molecule has 0 saturated heterocycles. The molecule has 8 nitrogen and oxygen atoms in total. The Hall–Kier alpha value is -4.00. The Labute approximate surface area is 215 Å². The van der Waals surface area contributed by atoms with Crippen LogP contribution >= 0.6 is 0 Å². The van der Waals surface area contributed by atoms with E-state index in [2.05, 4.69) is 26.3 Å². The van der Waals surface area contributed by atoms with Crippen LogP contribution in [-0.2, 0) is 10.0 Å². The van der Waals surface area contributed by atoms with Gasteiger partial charge in [-0.1, -0.05) is 18.7 Å². The minimum Gasteiger partial charge on any atom is -0.493 e. The van der Waals surface area contributed by atoms with E-state index in [1.807, 2.05) is 0 Å². The second-order valence-electron chi connectivity index (χ2n) is 8.30. The average Bonchev–Trinajstić information content (AvgIpc) is 3.29. The molecular weight excluding hydrogens is 528 g/mol. The maximum atomic E-state index is 13.6. The number of allylic oxidation sites excluding steroid dienone is 5. The molecule has 1 atom stereocenters. The molecule has 0 fully saturated rings. The van der Waals surface area contributed by atoms with Crippen molar-refractivity contribution >= 4 is 21.5 Å². The third kappa shape index (κ3) is 5.77. The number of hydrogen-bond donors (Lipinski definition) is 1. The lowest BCUT2D eigenvalue weighted by molar-refractivity contribution is -0.0882. The fraction of sp³-hybridized carbons (Fsp3) is 0.240. The molecule has 0 radical (unpaired) electrons. The van der Waals surface area contributed by atoms with Crippen molar-refractivity contribution < 1.29 is 35.1 Å². The van der Waals surface area contributed by atoms with Crippen LogP contribution in [0.4, 0.5) is 23.5 Å². The molecule has 0 aliphatic carbocycles. The largest absolute Gasteiger partial charge is 0.493 e. The molecule has 0 saturated carbocycles. The predicted molar refractivity (Wildman–Crippen MR) is 130 cm³/mol. The molecular formula is C25H22F4N4O4S. The van der Waals surface area contributed by atoms with Crippen molar-refractivity contribution in [3.05, 3.63) is 89.7 Å². The van der Waals surface area contributed by atoms with Crippen LogP contribution in [0.5, 0.6) is 5.75 Å². The summed E-state index contributed by atoms with van der Waals surface area (Å²) >= 11 is 0. The quantitative estimate of drug-likeness (QED) is 0.296. The lowest BCUT2D eigenvalue weighted by Crippen LogP contribution is -2.19. The second kappa shape index (κ2) is 10.4. The molecule has 38 heavy (non-hydrogen) atoms. The molecule has 200 valence electrons. The van der Waals surface area contributed by atoms with Gasteiger partial charge in [-0.3, -0.25) is 0 Å². The first-order valence-electron chi connectivity index (χ1n) is 11.2. The van der Waals surface area contributed by atoms with Crippen molar-refractivity contribution in [2.45, 2.75) is 37.3 Å². The van der Waals surface area contributed by atoms with Crippen LogP contribution in [0.25, 0.3) is 5.57 Å². The minimum absolute atomic E-state index is 0.136. The lowest BCUT2D eigenvalue weighted by atomic mass is 9.82. The highest BCUT2D eigenvalue weighted by Crippen LogP contribution is 2.44. The zero-order valence-electron chi connectivity index (χ0n) is 20.2. The number of sulfonamides is 1. The van der Waals surface area contributed by atoms with Crippen LogP contribution in [0.3, 0.4) is 0 Å². The number of anilines is 1. The average molecular weight is 551 g/mol. The third-order valence-electron chi connectivity index (χ3n) is 5.78. The van der Waals surface area contributed by atoms with Crippen LogP contribution in [-0.4, -0.2) is 36.2 Å². The van der Waals surface area contributed by atoms with Crippen LogP contribution in [0.15, 0.2) is 76.0 Å². The lowest BCUT2D eigenvalue weighted by Gasteiger charge is -2.29. The number of aromatic nitrogens is 3. The standard InChI is InChI=1S/C25H22F4N4O4S/c1-4-16(25(27,28)29)9-21(22-13-37-15(3)32-22)14(2)19-7-8-36-23-10-18(5-6-20(19)23)38(34,35)33-24-30-11-17(26)12-31-24/h4-6,9-13,19H,2,7-8H2,1,3H3,(H,30,31,33)/b16-4+,21-9+/t19-/m0/s1. The molecule has 2 aromatic heterocycles. The Morgan fingerprint density at radius 1 is 1.24 bits per heavy atom. The van der Waals surface area contributed by atoms with Gasteiger partial charge in [-0.2, -0.15) is 13.2 Å². The van der Waals surface area contributed by atoms with Crippen molar-refractivity contribution in [3.63, 3.8) is 0 Å². The van der Waals surface area contributed by atoms with Crippen molar-refractivity contribution in [2.24, 2.45) is 0 Å². The summed E-state index contributed by atoms with van der Waals surface area (Å²) in [6.45, 7) is 7.10. The van der Waals surface area contributed by atoms with Crippen LogP contribution in [0, 0.1) is 12.7 Å². The molecule has 3 aromatic rings. The summed E-state index contributed by atoms with van der Waals surface area (Å²) in [4.78, 5) is 11.2. The van der Waals surface area contributed by atoms with Gasteiger partial charge in [-0.15, -0.1) is 0 Å². The highest BCUT2D eigenvalue weighted by atomic mass is 32.2. The maximum Gasteiger partial charge on any atom is 0.416 e. The molecule has 0 unspecified atom stereocenters. The number of halogens is 4. The molecule has 0 spiro atoms. The van der Waals surface area contributed by atoms with E-state index in [4.69, 9.17) is 9.15 Å². The highest BCUT2D eigenvalue weighted by Gasteiger charge is 2.34. The zero-order valence-corrected chi connectivity index (χ0v) is 21.0. The molecule has 4 rings (SSSR count). The topological polar surface area (TPSA) is 107 Å². The smallest absolute Gasteiger partial charge is 0.416 e. The molecule has 1 N–H and O–H groups in total.